The molecule has 82 valence electrons. The smallest absolute Gasteiger partial charge is 0.00463 e. The lowest BCUT2D eigenvalue weighted by Crippen LogP contribution is -2.28. The molecule has 0 aromatic rings. The van der Waals surface area contributed by atoms with E-state index in [-0.39, 0.29) is 0 Å². The first-order valence-corrected chi connectivity index (χ1v) is 6.17. The van der Waals surface area contributed by atoms with E-state index >= 15 is 0 Å². The van der Waals surface area contributed by atoms with E-state index in [1.807, 2.05) is 0 Å². The molecule has 1 aliphatic carbocycles. The summed E-state index contributed by atoms with van der Waals surface area (Å²) in [4.78, 5) is 0. The highest BCUT2D eigenvalue weighted by atomic mass is 14.9. The molecule has 0 aromatic carbocycles. The van der Waals surface area contributed by atoms with E-state index in [0.717, 1.165) is 11.8 Å². The maximum atomic E-state index is 3.45. The van der Waals surface area contributed by atoms with Crippen LogP contribution in [0.2, 0.25) is 0 Å². The maximum absolute atomic E-state index is 3.45. The largest absolute Gasteiger partial charge is 0.317 e. The molecule has 0 radical (unpaired) electrons. The van der Waals surface area contributed by atoms with Crippen LogP contribution in [0.25, 0.3) is 0 Å². The molecule has 1 heterocycles. The molecule has 0 amide bonds. The molecule has 1 N–H and O–H groups in total. The summed E-state index contributed by atoms with van der Waals surface area (Å²) in [7, 11) is 0. The normalized spacial score (nSPS) is 31.7. The topological polar surface area (TPSA) is 12.0 Å². The van der Waals surface area contributed by atoms with E-state index in [9.17, 15) is 0 Å². The molecule has 0 atom stereocenters. The molecule has 0 bridgehead atoms. The average molecular weight is 195 g/mol. The van der Waals surface area contributed by atoms with Crippen molar-refractivity contribution in [2.45, 2.75) is 47.0 Å². The molecule has 1 nitrogen and oxygen atoms in total. The first-order valence-electron chi connectivity index (χ1n) is 6.17. The second-order valence-corrected chi connectivity index (χ2v) is 6.43. The molecule has 14 heavy (non-hydrogen) atoms. The summed E-state index contributed by atoms with van der Waals surface area (Å²) in [5, 5.41) is 3.45. The van der Waals surface area contributed by atoms with Crippen molar-refractivity contribution in [3.63, 3.8) is 0 Å². The average Bonchev–Trinajstić information content (AvgIpc) is 2.50. The first kappa shape index (κ1) is 10.5. The van der Waals surface area contributed by atoms with Gasteiger partial charge in [0.15, 0.2) is 0 Å². The Labute approximate surface area is 88.7 Å². The summed E-state index contributed by atoms with van der Waals surface area (Å²) < 4.78 is 0. The van der Waals surface area contributed by atoms with E-state index in [0.29, 0.717) is 10.8 Å². The highest BCUT2D eigenvalue weighted by Gasteiger charge is 2.64. The summed E-state index contributed by atoms with van der Waals surface area (Å²) >= 11 is 0. The Morgan fingerprint density at radius 1 is 1.00 bits per heavy atom. The molecule has 2 fully saturated rings. The summed E-state index contributed by atoms with van der Waals surface area (Å²) in [6.07, 6.45) is 4.28. The fourth-order valence-electron chi connectivity index (χ4n) is 3.37. The van der Waals surface area contributed by atoms with Gasteiger partial charge in [0.2, 0.25) is 0 Å². The third-order valence-electron chi connectivity index (χ3n) is 5.35. The van der Waals surface area contributed by atoms with Crippen LogP contribution in [0, 0.1) is 22.7 Å². The number of rotatable bonds is 2. The Morgan fingerprint density at radius 2 is 1.50 bits per heavy atom. The summed E-state index contributed by atoms with van der Waals surface area (Å²) in [6, 6.07) is 0. The van der Waals surface area contributed by atoms with Crippen molar-refractivity contribution in [2.24, 2.45) is 22.7 Å². The van der Waals surface area contributed by atoms with Crippen molar-refractivity contribution in [3.8, 4) is 0 Å². The van der Waals surface area contributed by atoms with Gasteiger partial charge in [-0.25, -0.2) is 0 Å². The zero-order valence-corrected chi connectivity index (χ0v) is 10.2. The van der Waals surface area contributed by atoms with Crippen LogP contribution in [0.3, 0.4) is 0 Å². The number of nitrogens with one attached hydrogen (secondary N) is 1. The number of piperidine rings is 1. The van der Waals surface area contributed by atoms with Crippen LogP contribution in [-0.2, 0) is 0 Å². The minimum absolute atomic E-state index is 0.595. The summed E-state index contributed by atoms with van der Waals surface area (Å²) in [6.45, 7) is 12.3. The lowest BCUT2D eigenvalue weighted by atomic mass is 9.90. The number of hydrogen-bond donors (Lipinski definition) is 1. The number of hydrogen-bond acceptors (Lipinski definition) is 1. The highest BCUT2D eigenvalue weighted by Crippen LogP contribution is 2.70. The van der Waals surface area contributed by atoms with Crippen LogP contribution < -0.4 is 5.32 Å². The van der Waals surface area contributed by atoms with E-state index in [4.69, 9.17) is 0 Å². The Balaban J connectivity index is 1.87. The van der Waals surface area contributed by atoms with Gasteiger partial charge < -0.3 is 5.32 Å². The molecule has 0 aromatic heterocycles. The van der Waals surface area contributed by atoms with Crippen molar-refractivity contribution in [1.82, 2.24) is 5.32 Å². The van der Waals surface area contributed by atoms with Gasteiger partial charge in [-0.05, 0) is 55.0 Å². The lowest BCUT2D eigenvalue weighted by molar-refractivity contribution is 0.318. The van der Waals surface area contributed by atoms with Crippen LogP contribution in [0.4, 0.5) is 0 Å². The van der Waals surface area contributed by atoms with Crippen molar-refractivity contribution in [3.05, 3.63) is 0 Å². The van der Waals surface area contributed by atoms with Gasteiger partial charge in [-0.15, -0.1) is 0 Å². The third kappa shape index (κ3) is 1.50. The first-order chi connectivity index (χ1) is 6.46. The van der Waals surface area contributed by atoms with E-state index in [1.165, 1.54) is 32.4 Å². The Bertz CT molecular complexity index is 197. The van der Waals surface area contributed by atoms with Crippen molar-refractivity contribution in [1.29, 1.82) is 0 Å². The van der Waals surface area contributed by atoms with Gasteiger partial charge in [-0.1, -0.05) is 27.7 Å². The molecule has 1 saturated carbocycles. The van der Waals surface area contributed by atoms with Crippen molar-refractivity contribution < 1.29 is 0 Å². The van der Waals surface area contributed by atoms with Gasteiger partial charge in [0.25, 0.3) is 0 Å². The second kappa shape index (κ2) is 3.23. The van der Waals surface area contributed by atoms with Gasteiger partial charge in [0, 0.05) is 0 Å². The van der Waals surface area contributed by atoms with Crippen LogP contribution in [0.15, 0.2) is 0 Å². The Kier molecular flexibility index (Phi) is 2.42. The molecule has 2 aliphatic rings. The second-order valence-electron chi connectivity index (χ2n) is 6.43. The van der Waals surface area contributed by atoms with Gasteiger partial charge in [-0.2, -0.15) is 0 Å². The summed E-state index contributed by atoms with van der Waals surface area (Å²) in [5.41, 5.74) is 1.19. The lowest BCUT2D eigenvalue weighted by Gasteiger charge is -2.23. The minimum atomic E-state index is 0.595. The fourth-order valence-corrected chi connectivity index (χ4v) is 3.37. The predicted octanol–water partition coefficient (Wildman–Crippen LogP) is 3.06. The van der Waals surface area contributed by atoms with Gasteiger partial charge in [0.1, 0.15) is 0 Å². The molecule has 0 spiro atoms. The van der Waals surface area contributed by atoms with Crippen LogP contribution in [0.5, 0.6) is 0 Å². The summed E-state index contributed by atoms with van der Waals surface area (Å²) in [5.74, 6) is 1.97. The van der Waals surface area contributed by atoms with Crippen molar-refractivity contribution in [2.75, 3.05) is 13.1 Å². The molecule has 1 saturated heterocycles. The quantitative estimate of drug-likeness (QED) is 0.714. The van der Waals surface area contributed by atoms with Crippen LogP contribution >= 0.6 is 0 Å². The monoisotopic (exact) mass is 195 g/mol. The molecule has 1 heteroatoms. The predicted molar refractivity (Wildman–Crippen MR) is 61.3 cm³/mol. The maximum Gasteiger partial charge on any atom is -0.00463 e. The Morgan fingerprint density at radius 3 is 1.93 bits per heavy atom. The molecular formula is C13H25N. The molecule has 0 unspecified atom stereocenters. The van der Waals surface area contributed by atoms with Crippen molar-refractivity contribution >= 4 is 0 Å². The van der Waals surface area contributed by atoms with E-state index < -0.39 is 0 Å². The molecule has 1 aliphatic heterocycles. The highest BCUT2D eigenvalue weighted by molar-refractivity contribution is 5.12. The van der Waals surface area contributed by atoms with Gasteiger partial charge >= 0.3 is 0 Å². The van der Waals surface area contributed by atoms with E-state index in [2.05, 4.69) is 33.0 Å². The standard InChI is InChI=1S/C13H25N/c1-12(2)11(13(12,3)4)9-10-5-7-14-8-6-10/h10-11,14H,5-9H2,1-4H3. The zero-order chi connectivity index (χ0) is 10.4. The zero-order valence-electron chi connectivity index (χ0n) is 10.2. The Hall–Kier alpha value is -0.0400. The third-order valence-corrected chi connectivity index (χ3v) is 5.35. The minimum Gasteiger partial charge on any atom is -0.317 e. The van der Waals surface area contributed by atoms with E-state index in [1.54, 1.807) is 0 Å². The molecule has 2 rings (SSSR count). The van der Waals surface area contributed by atoms with Gasteiger partial charge in [-0.3, -0.25) is 0 Å². The van der Waals surface area contributed by atoms with Crippen LogP contribution in [0.1, 0.15) is 47.0 Å². The van der Waals surface area contributed by atoms with Crippen LogP contribution in [-0.4, -0.2) is 13.1 Å². The SMILES string of the molecule is CC1(C)C(CC2CCNCC2)C1(C)C. The fraction of sp³-hybridized carbons (Fsp3) is 1.00. The van der Waals surface area contributed by atoms with Gasteiger partial charge in [0.05, 0.1) is 0 Å². The molecular weight excluding hydrogens is 170 g/mol.